The average Bonchev–Trinajstić information content (AvgIpc) is 2.73. The summed E-state index contributed by atoms with van der Waals surface area (Å²) in [5.74, 6) is -0.153. The summed E-state index contributed by atoms with van der Waals surface area (Å²) in [5.41, 5.74) is 6.44. The van der Waals surface area contributed by atoms with Gasteiger partial charge in [0.1, 0.15) is 5.82 Å². The summed E-state index contributed by atoms with van der Waals surface area (Å²) in [7, 11) is 0. The molecular weight excluding hydrogens is 235 g/mol. The van der Waals surface area contributed by atoms with Crippen LogP contribution < -0.4 is 5.73 Å². The van der Waals surface area contributed by atoms with Crippen molar-refractivity contribution in [2.75, 3.05) is 6.54 Å². The summed E-state index contributed by atoms with van der Waals surface area (Å²) in [4.78, 5) is 5.36. The SMILES string of the molecule is Cc1ncc(CC(CN)c2ccccc2F)s1. The van der Waals surface area contributed by atoms with E-state index in [2.05, 4.69) is 4.98 Å². The minimum Gasteiger partial charge on any atom is -0.330 e. The van der Waals surface area contributed by atoms with Gasteiger partial charge in [-0.1, -0.05) is 18.2 Å². The van der Waals surface area contributed by atoms with Crippen LogP contribution in [0.15, 0.2) is 30.5 Å². The number of nitrogens with zero attached hydrogens (tertiary/aromatic N) is 1. The molecule has 1 heterocycles. The summed E-state index contributed by atoms with van der Waals surface area (Å²) >= 11 is 1.64. The normalized spacial score (nSPS) is 12.6. The van der Waals surface area contributed by atoms with Gasteiger partial charge in [0.05, 0.1) is 5.01 Å². The molecule has 0 aliphatic rings. The highest BCUT2D eigenvalue weighted by atomic mass is 32.1. The fourth-order valence-corrected chi connectivity index (χ4v) is 2.74. The highest BCUT2D eigenvalue weighted by Gasteiger charge is 2.15. The molecule has 1 unspecified atom stereocenters. The van der Waals surface area contributed by atoms with Gasteiger partial charge >= 0.3 is 0 Å². The van der Waals surface area contributed by atoms with E-state index in [9.17, 15) is 4.39 Å². The highest BCUT2D eigenvalue weighted by molar-refractivity contribution is 7.11. The number of hydrogen-bond acceptors (Lipinski definition) is 3. The molecule has 2 N–H and O–H groups in total. The molecule has 0 fully saturated rings. The Morgan fingerprint density at radius 2 is 2.18 bits per heavy atom. The molecule has 1 aromatic heterocycles. The largest absolute Gasteiger partial charge is 0.330 e. The van der Waals surface area contributed by atoms with Crippen molar-refractivity contribution in [3.8, 4) is 0 Å². The van der Waals surface area contributed by atoms with Crippen molar-refractivity contribution in [1.82, 2.24) is 4.98 Å². The van der Waals surface area contributed by atoms with E-state index in [0.29, 0.717) is 12.1 Å². The van der Waals surface area contributed by atoms with E-state index in [0.717, 1.165) is 16.3 Å². The molecule has 1 aromatic carbocycles. The summed E-state index contributed by atoms with van der Waals surface area (Å²) in [6, 6.07) is 6.83. The minimum atomic E-state index is -0.177. The number of nitrogens with two attached hydrogens (primary N) is 1. The standard InChI is InChI=1S/C13H15FN2S/c1-9-16-8-11(17-9)6-10(7-15)12-4-2-3-5-13(12)14/h2-5,8,10H,6-7,15H2,1H3. The Morgan fingerprint density at radius 3 is 2.76 bits per heavy atom. The zero-order valence-corrected chi connectivity index (χ0v) is 10.5. The maximum absolute atomic E-state index is 13.7. The lowest BCUT2D eigenvalue weighted by atomic mass is 9.95. The van der Waals surface area contributed by atoms with Crippen LogP contribution in [0, 0.1) is 12.7 Å². The van der Waals surface area contributed by atoms with Crippen LogP contribution in [-0.4, -0.2) is 11.5 Å². The van der Waals surface area contributed by atoms with Crippen molar-refractivity contribution in [1.29, 1.82) is 0 Å². The van der Waals surface area contributed by atoms with Crippen molar-refractivity contribution < 1.29 is 4.39 Å². The number of aromatic nitrogens is 1. The predicted octanol–water partition coefficient (Wildman–Crippen LogP) is 2.88. The Kier molecular flexibility index (Phi) is 3.86. The molecule has 2 nitrogen and oxygen atoms in total. The third kappa shape index (κ3) is 2.90. The molecule has 17 heavy (non-hydrogen) atoms. The fraction of sp³-hybridized carbons (Fsp3) is 0.308. The van der Waals surface area contributed by atoms with Crippen LogP contribution in [0.2, 0.25) is 0 Å². The van der Waals surface area contributed by atoms with E-state index in [1.165, 1.54) is 6.07 Å². The quantitative estimate of drug-likeness (QED) is 0.906. The number of rotatable bonds is 4. The van der Waals surface area contributed by atoms with E-state index in [4.69, 9.17) is 5.73 Å². The predicted molar refractivity (Wildman–Crippen MR) is 68.8 cm³/mol. The molecular formula is C13H15FN2S. The van der Waals surface area contributed by atoms with Crippen molar-refractivity contribution in [2.45, 2.75) is 19.3 Å². The molecule has 1 atom stereocenters. The van der Waals surface area contributed by atoms with Crippen LogP contribution in [0.25, 0.3) is 0 Å². The highest BCUT2D eigenvalue weighted by Crippen LogP contribution is 2.25. The van der Waals surface area contributed by atoms with Gasteiger partial charge in [0.15, 0.2) is 0 Å². The maximum atomic E-state index is 13.7. The molecule has 0 spiro atoms. The first-order valence-electron chi connectivity index (χ1n) is 5.56. The van der Waals surface area contributed by atoms with Crippen LogP contribution in [-0.2, 0) is 6.42 Å². The van der Waals surface area contributed by atoms with E-state index in [-0.39, 0.29) is 11.7 Å². The molecule has 0 amide bonds. The lowest BCUT2D eigenvalue weighted by Gasteiger charge is -2.14. The second-order valence-corrected chi connectivity index (χ2v) is 5.32. The molecule has 2 rings (SSSR count). The molecule has 0 radical (unpaired) electrons. The average molecular weight is 250 g/mol. The molecule has 0 bridgehead atoms. The van der Waals surface area contributed by atoms with Gasteiger partial charge in [0.2, 0.25) is 0 Å². The number of hydrogen-bond donors (Lipinski definition) is 1. The Morgan fingerprint density at radius 1 is 1.41 bits per heavy atom. The van der Waals surface area contributed by atoms with Crippen LogP contribution >= 0.6 is 11.3 Å². The summed E-state index contributed by atoms with van der Waals surface area (Å²) in [5, 5.41) is 1.03. The molecule has 2 aromatic rings. The van der Waals surface area contributed by atoms with E-state index >= 15 is 0 Å². The van der Waals surface area contributed by atoms with Crippen LogP contribution in [0.4, 0.5) is 4.39 Å². The number of halogens is 1. The first-order chi connectivity index (χ1) is 8.20. The number of thiazole rings is 1. The van der Waals surface area contributed by atoms with Crippen LogP contribution in [0.5, 0.6) is 0 Å². The number of benzene rings is 1. The molecule has 0 aliphatic carbocycles. The van der Waals surface area contributed by atoms with Gasteiger partial charge in [-0.15, -0.1) is 11.3 Å². The first-order valence-corrected chi connectivity index (χ1v) is 6.38. The molecule has 0 saturated heterocycles. The lowest BCUT2D eigenvalue weighted by molar-refractivity contribution is 0.577. The second-order valence-electron chi connectivity index (χ2n) is 4.00. The van der Waals surface area contributed by atoms with E-state index in [1.54, 1.807) is 23.5 Å². The number of aryl methyl sites for hydroxylation is 1. The van der Waals surface area contributed by atoms with Gasteiger partial charge in [-0.2, -0.15) is 0 Å². The van der Waals surface area contributed by atoms with E-state index < -0.39 is 0 Å². The van der Waals surface area contributed by atoms with Crippen LogP contribution in [0.1, 0.15) is 21.4 Å². The Hall–Kier alpha value is -1.26. The van der Waals surface area contributed by atoms with Gasteiger partial charge in [-0.3, -0.25) is 0 Å². The Balaban J connectivity index is 2.20. The Labute approximate surface area is 104 Å². The zero-order chi connectivity index (χ0) is 12.3. The van der Waals surface area contributed by atoms with Crippen molar-refractivity contribution in [2.24, 2.45) is 5.73 Å². The summed E-state index contributed by atoms with van der Waals surface area (Å²) in [6.45, 7) is 2.41. The lowest BCUT2D eigenvalue weighted by Crippen LogP contribution is -2.15. The first kappa shape index (κ1) is 12.2. The van der Waals surface area contributed by atoms with Crippen molar-refractivity contribution >= 4 is 11.3 Å². The third-order valence-corrected chi connectivity index (χ3v) is 3.68. The van der Waals surface area contributed by atoms with E-state index in [1.807, 2.05) is 19.2 Å². The van der Waals surface area contributed by atoms with Crippen molar-refractivity contribution in [3.63, 3.8) is 0 Å². The van der Waals surface area contributed by atoms with Gasteiger partial charge < -0.3 is 5.73 Å². The second kappa shape index (κ2) is 5.38. The zero-order valence-electron chi connectivity index (χ0n) is 9.69. The smallest absolute Gasteiger partial charge is 0.126 e. The Bertz CT molecular complexity index is 496. The monoisotopic (exact) mass is 250 g/mol. The topological polar surface area (TPSA) is 38.9 Å². The molecule has 0 aliphatic heterocycles. The van der Waals surface area contributed by atoms with Gasteiger partial charge in [-0.05, 0) is 31.5 Å². The summed E-state index contributed by atoms with van der Waals surface area (Å²) in [6.07, 6.45) is 2.60. The molecule has 4 heteroatoms. The van der Waals surface area contributed by atoms with Crippen LogP contribution in [0.3, 0.4) is 0 Å². The van der Waals surface area contributed by atoms with Crippen molar-refractivity contribution in [3.05, 3.63) is 51.7 Å². The third-order valence-electron chi connectivity index (χ3n) is 2.75. The summed E-state index contributed by atoms with van der Waals surface area (Å²) < 4.78 is 13.7. The molecule has 0 saturated carbocycles. The van der Waals surface area contributed by atoms with Gasteiger partial charge in [0.25, 0.3) is 0 Å². The maximum Gasteiger partial charge on any atom is 0.126 e. The van der Waals surface area contributed by atoms with Gasteiger partial charge in [0, 0.05) is 17.0 Å². The molecule has 90 valence electrons. The minimum absolute atomic E-state index is 0.0241. The van der Waals surface area contributed by atoms with Gasteiger partial charge in [-0.25, -0.2) is 9.37 Å². The fourth-order valence-electron chi connectivity index (χ4n) is 1.87.